The number of hydrogen-bond acceptors (Lipinski definition) is 3. The highest BCUT2D eigenvalue weighted by molar-refractivity contribution is 5.82. The largest absolute Gasteiger partial charge is 0.399 e. The number of benzene rings is 1. The van der Waals surface area contributed by atoms with Gasteiger partial charge in [-0.05, 0) is 24.6 Å². The van der Waals surface area contributed by atoms with Gasteiger partial charge in [0.15, 0.2) is 0 Å². The van der Waals surface area contributed by atoms with Crippen LogP contribution in [0.25, 0.3) is 11.0 Å². The maximum absolute atomic E-state index is 5.75. The van der Waals surface area contributed by atoms with Crippen molar-refractivity contribution in [2.24, 2.45) is 0 Å². The second-order valence-corrected chi connectivity index (χ2v) is 4.09. The van der Waals surface area contributed by atoms with Gasteiger partial charge in [-0.1, -0.05) is 0 Å². The molecule has 0 spiro atoms. The van der Waals surface area contributed by atoms with Crippen LogP contribution in [0.1, 0.15) is 6.42 Å². The smallest absolute Gasteiger partial charge is 0.206 e. The summed E-state index contributed by atoms with van der Waals surface area (Å²) in [5.41, 5.74) is 8.72. The SMILES string of the molecule is CN1CCCn2c1nc1cc(N)ccc12. The van der Waals surface area contributed by atoms with Crippen molar-refractivity contribution in [2.75, 3.05) is 24.2 Å². The summed E-state index contributed by atoms with van der Waals surface area (Å²) in [5.74, 6) is 1.06. The van der Waals surface area contributed by atoms with Gasteiger partial charge >= 0.3 is 0 Å². The molecule has 0 atom stereocenters. The van der Waals surface area contributed by atoms with Gasteiger partial charge in [0.05, 0.1) is 11.0 Å². The van der Waals surface area contributed by atoms with Crippen molar-refractivity contribution in [2.45, 2.75) is 13.0 Å². The molecule has 1 aliphatic heterocycles. The number of nitrogen functional groups attached to an aromatic ring is 1. The first-order valence-corrected chi connectivity index (χ1v) is 5.22. The second-order valence-electron chi connectivity index (χ2n) is 4.09. The lowest BCUT2D eigenvalue weighted by atomic mass is 10.2. The molecule has 0 radical (unpaired) electrons. The quantitative estimate of drug-likeness (QED) is 0.658. The van der Waals surface area contributed by atoms with Gasteiger partial charge in [0, 0.05) is 25.8 Å². The minimum atomic E-state index is 0.778. The van der Waals surface area contributed by atoms with E-state index in [0.29, 0.717) is 0 Å². The van der Waals surface area contributed by atoms with Gasteiger partial charge in [-0.2, -0.15) is 0 Å². The summed E-state index contributed by atoms with van der Waals surface area (Å²) in [6.07, 6.45) is 1.18. The predicted molar refractivity (Wildman–Crippen MR) is 62.0 cm³/mol. The molecule has 2 N–H and O–H groups in total. The van der Waals surface area contributed by atoms with Crippen molar-refractivity contribution in [3.63, 3.8) is 0 Å². The summed E-state index contributed by atoms with van der Waals surface area (Å²) in [6.45, 7) is 2.14. The molecule has 1 aromatic carbocycles. The van der Waals surface area contributed by atoms with E-state index in [1.807, 2.05) is 12.1 Å². The standard InChI is InChI=1S/C11H14N4/c1-14-5-2-6-15-10-4-3-8(12)7-9(10)13-11(14)15/h3-4,7H,2,5-6,12H2,1H3. The molecule has 1 aromatic heterocycles. The van der Waals surface area contributed by atoms with Crippen LogP contribution in [0.15, 0.2) is 18.2 Å². The Morgan fingerprint density at radius 3 is 3.07 bits per heavy atom. The Labute approximate surface area is 88.3 Å². The average molecular weight is 202 g/mol. The molecule has 0 bridgehead atoms. The van der Waals surface area contributed by atoms with Crippen molar-refractivity contribution >= 4 is 22.7 Å². The number of rotatable bonds is 0. The van der Waals surface area contributed by atoms with E-state index in [9.17, 15) is 0 Å². The van der Waals surface area contributed by atoms with Gasteiger partial charge in [-0.15, -0.1) is 0 Å². The van der Waals surface area contributed by atoms with Gasteiger partial charge in [-0.3, -0.25) is 0 Å². The van der Waals surface area contributed by atoms with Crippen LogP contribution in [0.4, 0.5) is 11.6 Å². The summed E-state index contributed by atoms with van der Waals surface area (Å²) in [5, 5.41) is 0. The van der Waals surface area contributed by atoms with Crippen LogP contribution >= 0.6 is 0 Å². The minimum Gasteiger partial charge on any atom is -0.399 e. The van der Waals surface area contributed by atoms with E-state index in [1.54, 1.807) is 0 Å². The molecule has 78 valence electrons. The molecule has 0 fully saturated rings. The number of anilines is 2. The summed E-state index contributed by atoms with van der Waals surface area (Å²) < 4.78 is 2.26. The predicted octanol–water partition coefficient (Wildman–Crippen LogP) is 1.46. The fraction of sp³-hybridized carbons (Fsp3) is 0.364. The maximum Gasteiger partial charge on any atom is 0.206 e. The van der Waals surface area contributed by atoms with Crippen LogP contribution in [0.2, 0.25) is 0 Å². The summed E-state index contributed by atoms with van der Waals surface area (Å²) >= 11 is 0. The zero-order chi connectivity index (χ0) is 10.4. The van der Waals surface area contributed by atoms with Crippen LogP contribution in [-0.2, 0) is 6.54 Å². The number of aryl methyl sites for hydroxylation is 1. The third-order valence-electron chi connectivity index (χ3n) is 2.97. The van der Waals surface area contributed by atoms with Crippen LogP contribution < -0.4 is 10.6 Å². The third kappa shape index (κ3) is 1.17. The molecule has 0 aliphatic carbocycles. The van der Waals surface area contributed by atoms with Crippen LogP contribution in [-0.4, -0.2) is 23.1 Å². The number of imidazole rings is 1. The Morgan fingerprint density at radius 2 is 2.20 bits per heavy atom. The number of hydrogen-bond donors (Lipinski definition) is 1. The Hall–Kier alpha value is -1.71. The molecule has 0 amide bonds. The van der Waals surface area contributed by atoms with Gasteiger partial charge in [-0.25, -0.2) is 4.98 Å². The molecular formula is C11H14N4. The van der Waals surface area contributed by atoms with Crippen molar-refractivity contribution in [1.82, 2.24) is 9.55 Å². The van der Waals surface area contributed by atoms with E-state index in [1.165, 1.54) is 11.9 Å². The fourth-order valence-corrected chi connectivity index (χ4v) is 2.21. The number of aromatic nitrogens is 2. The highest BCUT2D eigenvalue weighted by atomic mass is 15.3. The minimum absolute atomic E-state index is 0.778. The first-order chi connectivity index (χ1) is 7.25. The number of fused-ring (bicyclic) bond motifs is 3. The lowest BCUT2D eigenvalue weighted by Gasteiger charge is -2.24. The zero-order valence-corrected chi connectivity index (χ0v) is 8.77. The van der Waals surface area contributed by atoms with Gasteiger partial charge in [0.1, 0.15) is 0 Å². The fourth-order valence-electron chi connectivity index (χ4n) is 2.21. The summed E-state index contributed by atoms with van der Waals surface area (Å²) in [4.78, 5) is 6.80. The normalized spacial score (nSPS) is 15.7. The molecule has 1 aliphatic rings. The Kier molecular flexibility index (Phi) is 1.65. The second kappa shape index (κ2) is 2.89. The molecule has 4 nitrogen and oxygen atoms in total. The molecule has 0 saturated carbocycles. The monoisotopic (exact) mass is 202 g/mol. The highest BCUT2D eigenvalue weighted by Gasteiger charge is 2.17. The number of nitrogens with two attached hydrogens (primary N) is 1. The average Bonchev–Trinajstić information content (AvgIpc) is 2.57. The first-order valence-electron chi connectivity index (χ1n) is 5.22. The molecule has 2 heterocycles. The molecule has 0 saturated heterocycles. The third-order valence-corrected chi connectivity index (χ3v) is 2.97. The zero-order valence-electron chi connectivity index (χ0n) is 8.77. The lowest BCUT2D eigenvalue weighted by molar-refractivity contribution is 0.591. The van der Waals surface area contributed by atoms with E-state index >= 15 is 0 Å². The molecule has 15 heavy (non-hydrogen) atoms. The van der Waals surface area contributed by atoms with Crippen molar-refractivity contribution in [1.29, 1.82) is 0 Å². The van der Waals surface area contributed by atoms with Crippen LogP contribution in [0.3, 0.4) is 0 Å². The van der Waals surface area contributed by atoms with Crippen molar-refractivity contribution in [3.05, 3.63) is 18.2 Å². The Balaban J connectivity index is 2.30. The van der Waals surface area contributed by atoms with Crippen molar-refractivity contribution in [3.8, 4) is 0 Å². The van der Waals surface area contributed by atoms with E-state index in [-0.39, 0.29) is 0 Å². The Bertz CT molecular complexity index is 515. The molecule has 4 heteroatoms. The van der Waals surface area contributed by atoms with Gasteiger partial charge < -0.3 is 15.2 Å². The topological polar surface area (TPSA) is 47.1 Å². The highest BCUT2D eigenvalue weighted by Crippen LogP contribution is 2.26. The molecule has 0 unspecified atom stereocenters. The first kappa shape index (κ1) is 8.59. The maximum atomic E-state index is 5.75. The Morgan fingerprint density at radius 1 is 1.33 bits per heavy atom. The van der Waals surface area contributed by atoms with Crippen LogP contribution in [0.5, 0.6) is 0 Å². The van der Waals surface area contributed by atoms with E-state index in [2.05, 4.69) is 27.6 Å². The van der Waals surface area contributed by atoms with Crippen molar-refractivity contribution < 1.29 is 0 Å². The van der Waals surface area contributed by atoms with Gasteiger partial charge in [0.2, 0.25) is 5.95 Å². The van der Waals surface area contributed by atoms with E-state index in [0.717, 1.165) is 30.2 Å². The van der Waals surface area contributed by atoms with E-state index < -0.39 is 0 Å². The molecule has 2 aromatic rings. The van der Waals surface area contributed by atoms with Crippen LogP contribution in [0, 0.1) is 0 Å². The van der Waals surface area contributed by atoms with Gasteiger partial charge in [0.25, 0.3) is 0 Å². The lowest BCUT2D eigenvalue weighted by Crippen LogP contribution is -2.28. The molecule has 3 rings (SSSR count). The van der Waals surface area contributed by atoms with E-state index in [4.69, 9.17) is 5.73 Å². The summed E-state index contributed by atoms with van der Waals surface area (Å²) in [6, 6.07) is 5.93. The molecular weight excluding hydrogens is 188 g/mol. The summed E-state index contributed by atoms with van der Waals surface area (Å²) in [7, 11) is 2.08. The number of nitrogens with zero attached hydrogens (tertiary/aromatic N) is 3.